The van der Waals surface area contributed by atoms with Gasteiger partial charge in [-0.2, -0.15) is 0 Å². The van der Waals surface area contributed by atoms with Crippen molar-refractivity contribution in [3.8, 4) is 0 Å². The third-order valence-electron chi connectivity index (χ3n) is 5.48. The summed E-state index contributed by atoms with van der Waals surface area (Å²) in [5.74, 6) is 1.02. The van der Waals surface area contributed by atoms with Crippen LogP contribution in [0.1, 0.15) is 12.6 Å². The molecule has 0 saturated carbocycles. The standard InChI is InChI=1S/C18H33N7O.HI/c1-16(24-9-5-22(3)6-10-24)14-20-18(19-2)25-11-7-23(8-12-25)15-17-4-13-26-21-17;/h4,13,16H,5-12,14-15H2,1-3H3,(H,19,20);1H. The van der Waals surface area contributed by atoms with Gasteiger partial charge in [0.1, 0.15) is 6.26 Å². The summed E-state index contributed by atoms with van der Waals surface area (Å²) in [7, 11) is 4.08. The highest BCUT2D eigenvalue weighted by Crippen LogP contribution is 2.08. The third-order valence-corrected chi connectivity index (χ3v) is 5.48. The first-order valence-corrected chi connectivity index (χ1v) is 9.65. The first-order chi connectivity index (χ1) is 12.7. The third kappa shape index (κ3) is 6.58. The van der Waals surface area contributed by atoms with Gasteiger partial charge >= 0.3 is 0 Å². The lowest BCUT2D eigenvalue weighted by molar-refractivity contribution is 0.119. The monoisotopic (exact) mass is 491 g/mol. The Morgan fingerprint density at radius 3 is 2.48 bits per heavy atom. The topological polar surface area (TPSA) is 63.4 Å². The Bertz CT molecular complexity index is 552. The van der Waals surface area contributed by atoms with Crippen molar-refractivity contribution in [2.24, 2.45) is 4.99 Å². The Labute approximate surface area is 179 Å². The van der Waals surface area contributed by atoms with Crippen molar-refractivity contribution < 1.29 is 4.52 Å². The minimum absolute atomic E-state index is 0. The van der Waals surface area contributed by atoms with Crippen molar-refractivity contribution in [2.75, 3.05) is 73.0 Å². The van der Waals surface area contributed by atoms with Crippen LogP contribution >= 0.6 is 24.0 Å². The molecule has 0 spiro atoms. The van der Waals surface area contributed by atoms with Crippen molar-refractivity contribution >= 4 is 29.9 Å². The fourth-order valence-electron chi connectivity index (χ4n) is 3.63. The van der Waals surface area contributed by atoms with Crippen molar-refractivity contribution in [1.82, 2.24) is 30.1 Å². The molecular weight excluding hydrogens is 457 g/mol. The van der Waals surface area contributed by atoms with E-state index in [2.05, 4.69) is 49.0 Å². The molecule has 2 fully saturated rings. The lowest BCUT2D eigenvalue weighted by Crippen LogP contribution is -2.55. The van der Waals surface area contributed by atoms with Crippen LogP contribution in [-0.4, -0.2) is 110 Å². The van der Waals surface area contributed by atoms with Gasteiger partial charge < -0.3 is 19.6 Å². The molecule has 1 atom stereocenters. The molecule has 0 amide bonds. The summed E-state index contributed by atoms with van der Waals surface area (Å²) < 4.78 is 4.92. The summed E-state index contributed by atoms with van der Waals surface area (Å²) in [5, 5.41) is 7.59. The highest BCUT2D eigenvalue weighted by atomic mass is 127. The molecule has 154 valence electrons. The van der Waals surface area contributed by atoms with Crippen LogP contribution in [0.4, 0.5) is 0 Å². The van der Waals surface area contributed by atoms with Gasteiger partial charge in [-0.3, -0.25) is 14.8 Å². The van der Waals surface area contributed by atoms with E-state index in [9.17, 15) is 0 Å². The van der Waals surface area contributed by atoms with E-state index >= 15 is 0 Å². The molecule has 1 aromatic heterocycles. The molecule has 0 aromatic carbocycles. The lowest BCUT2D eigenvalue weighted by Gasteiger charge is -2.38. The average Bonchev–Trinajstić information content (AvgIpc) is 3.17. The number of piperazine rings is 2. The predicted octanol–water partition coefficient (Wildman–Crippen LogP) is 0.622. The van der Waals surface area contributed by atoms with Gasteiger partial charge in [0.25, 0.3) is 0 Å². The molecule has 2 saturated heterocycles. The molecule has 8 nitrogen and oxygen atoms in total. The van der Waals surface area contributed by atoms with Crippen LogP contribution in [0, 0.1) is 0 Å². The molecule has 0 aliphatic carbocycles. The smallest absolute Gasteiger partial charge is 0.193 e. The van der Waals surface area contributed by atoms with E-state index in [-0.39, 0.29) is 24.0 Å². The molecule has 27 heavy (non-hydrogen) atoms. The van der Waals surface area contributed by atoms with Gasteiger partial charge in [-0.25, -0.2) is 0 Å². The number of aliphatic imine (C=N–C) groups is 1. The first kappa shape index (κ1) is 22.4. The van der Waals surface area contributed by atoms with Gasteiger partial charge in [0.15, 0.2) is 5.96 Å². The summed E-state index contributed by atoms with van der Waals surface area (Å²) in [4.78, 5) is 14.2. The molecule has 0 radical (unpaired) electrons. The Hall–Kier alpha value is -0.910. The van der Waals surface area contributed by atoms with Crippen molar-refractivity contribution in [1.29, 1.82) is 0 Å². The van der Waals surface area contributed by atoms with Crippen LogP contribution in [0.25, 0.3) is 0 Å². The average molecular weight is 491 g/mol. The van der Waals surface area contributed by atoms with Crippen LogP contribution < -0.4 is 5.32 Å². The molecule has 1 aromatic rings. The summed E-state index contributed by atoms with van der Waals surface area (Å²) in [6.07, 6.45) is 1.64. The lowest BCUT2D eigenvalue weighted by atomic mass is 10.2. The van der Waals surface area contributed by atoms with Crippen LogP contribution in [0.3, 0.4) is 0 Å². The van der Waals surface area contributed by atoms with Crippen LogP contribution in [0.15, 0.2) is 21.8 Å². The Balaban J connectivity index is 0.00000261. The van der Waals surface area contributed by atoms with E-state index in [1.54, 1.807) is 6.26 Å². The van der Waals surface area contributed by atoms with Gasteiger partial charge in [0, 0.05) is 84.6 Å². The molecule has 3 rings (SSSR count). The van der Waals surface area contributed by atoms with Crippen molar-refractivity contribution in [3.63, 3.8) is 0 Å². The molecule has 3 heterocycles. The Morgan fingerprint density at radius 2 is 1.89 bits per heavy atom. The van der Waals surface area contributed by atoms with E-state index in [0.29, 0.717) is 6.04 Å². The molecule has 2 aliphatic heterocycles. The zero-order valence-electron chi connectivity index (χ0n) is 16.8. The van der Waals surface area contributed by atoms with Gasteiger partial charge in [0.2, 0.25) is 0 Å². The van der Waals surface area contributed by atoms with E-state index in [4.69, 9.17) is 4.52 Å². The van der Waals surface area contributed by atoms with Crippen molar-refractivity contribution in [3.05, 3.63) is 18.0 Å². The minimum atomic E-state index is 0. The maximum absolute atomic E-state index is 4.92. The highest BCUT2D eigenvalue weighted by Gasteiger charge is 2.22. The zero-order valence-corrected chi connectivity index (χ0v) is 19.1. The fourth-order valence-corrected chi connectivity index (χ4v) is 3.63. The quantitative estimate of drug-likeness (QED) is 0.368. The predicted molar refractivity (Wildman–Crippen MR) is 119 cm³/mol. The second kappa shape index (κ2) is 11.2. The summed E-state index contributed by atoms with van der Waals surface area (Å²) in [6, 6.07) is 2.46. The number of halogens is 1. The van der Waals surface area contributed by atoms with E-state index in [1.807, 2.05) is 13.1 Å². The number of hydrogen-bond acceptors (Lipinski definition) is 6. The number of rotatable bonds is 5. The van der Waals surface area contributed by atoms with Gasteiger partial charge in [-0.05, 0) is 14.0 Å². The van der Waals surface area contributed by atoms with Gasteiger partial charge in [-0.15, -0.1) is 24.0 Å². The van der Waals surface area contributed by atoms with Crippen LogP contribution in [0.5, 0.6) is 0 Å². The Morgan fingerprint density at radius 1 is 1.19 bits per heavy atom. The van der Waals surface area contributed by atoms with Crippen LogP contribution in [-0.2, 0) is 6.54 Å². The number of nitrogens with one attached hydrogen (secondary N) is 1. The number of nitrogens with zero attached hydrogens (tertiary/aromatic N) is 6. The minimum Gasteiger partial charge on any atom is -0.364 e. The van der Waals surface area contributed by atoms with Gasteiger partial charge in [-0.1, -0.05) is 5.16 Å². The van der Waals surface area contributed by atoms with E-state index in [1.165, 1.54) is 0 Å². The van der Waals surface area contributed by atoms with Crippen molar-refractivity contribution in [2.45, 2.75) is 19.5 Å². The number of aromatic nitrogens is 1. The molecule has 1 unspecified atom stereocenters. The highest BCUT2D eigenvalue weighted by molar-refractivity contribution is 14.0. The maximum atomic E-state index is 4.92. The Kier molecular flexibility index (Phi) is 9.27. The largest absolute Gasteiger partial charge is 0.364 e. The molecule has 2 aliphatic rings. The van der Waals surface area contributed by atoms with E-state index < -0.39 is 0 Å². The zero-order chi connectivity index (χ0) is 18.4. The SMILES string of the molecule is CN=C(NCC(C)N1CCN(C)CC1)N1CCN(Cc2ccon2)CC1.I. The molecule has 9 heteroatoms. The maximum Gasteiger partial charge on any atom is 0.193 e. The van der Waals surface area contributed by atoms with Crippen LogP contribution in [0.2, 0.25) is 0 Å². The second-order valence-corrected chi connectivity index (χ2v) is 7.37. The normalized spacial score (nSPS) is 21.7. The summed E-state index contributed by atoms with van der Waals surface area (Å²) in [6.45, 7) is 12.7. The molecular formula is C18H34IN7O. The molecule has 1 N–H and O–H groups in total. The summed E-state index contributed by atoms with van der Waals surface area (Å²) in [5.41, 5.74) is 1.00. The second-order valence-electron chi connectivity index (χ2n) is 7.37. The summed E-state index contributed by atoms with van der Waals surface area (Å²) >= 11 is 0. The number of hydrogen-bond donors (Lipinski definition) is 1. The number of guanidine groups is 1. The van der Waals surface area contributed by atoms with E-state index in [0.717, 1.165) is 77.1 Å². The number of likely N-dealkylation sites (N-methyl/N-ethyl adjacent to an activating group) is 1. The van der Waals surface area contributed by atoms with Gasteiger partial charge in [0.05, 0.1) is 5.69 Å². The first-order valence-electron chi connectivity index (χ1n) is 9.65. The molecule has 0 bridgehead atoms. The fraction of sp³-hybridized carbons (Fsp3) is 0.778.